The summed E-state index contributed by atoms with van der Waals surface area (Å²) in [6.07, 6.45) is 1.25. The van der Waals surface area contributed by atoms with Crippen molar-refractivity contribution in [3.63, 3.8) is 0 Å². The Morgan fingerprint density at radius 1 is 1.23 bits per heavy atom. The summed E-state index contributed by atoms with van der Waals surface area (Å²) in [6.45, 7) is 7.59. The second kappa shape index (κ2) is 12.7. The molecule has 2 aromatic rings. The third-order valence-corrected chi connectivity index (χ3v) is 7.37. The number of aliphatic hydroxyl groups excluding tert-OH is 1. The van der Waals surface area contributed by atoms with E-state index in [1.807, 2.05) is 29.0 Å². The van der Waals surface area contributed by atoms with Gasteiger partial charge in [0.25, 0.3) is 0 Å². The van der Waals surface area contributed by atoms with E-state index in [0.717, 1.165) is 17.5 Å². The number of benzene rings is 1. The smallest absolute Gasteiger partial charge is 0.250 e. The molecule has 11 heteroatoms. The van der Waals surface area contributed by atoms with E-state index in [4.69, 9.17) is 11.5 Å². The molecule has 2 atom stereocenters. The largest absolute Gasteiger partial charge is 0.373 e. The van der Waals surface area contributed by atoms with E-state index in [1.165, 1.54) is 4.90 Å². The summed E-state index contributed by atoms with van der Waals surface area (Å²) < 4.78 is 0. The fourth-order valence-electron chi connectivity index (χ4n) is 4.34. The van der Waals surface area contributed by atoms with Gasteiger partial charge in [0, 0.05) is 25.7 Å². The Kier molecular flexibility index (Phi) is 9.87. The number of carbonyl (C=O) groups excluding carboxylic acids is 4. The quantitative estimate of drug-likeness (QED) is 0.390. The number of thiophene rings is 1. The zero-order valence-corrected chi connectivity index (χ0v) is 23.8. The average molecular weight is 558 g/mol. The average Bonchev–Trinajstić information content (AvgIpc) is 3.49. The Labute approximate surface area is 233 Å². The molecule has 1 aromatic carbocycles. The second-order valence-corrected chi connectivity index (χ2v) is 11.7. The molecule has 10 nitrogen and oxygen atoms in total. The van der Waals surface area contributed by atoms with E-state index in [9.17, 15) is 24.3 Å². The number of aliphatic hydroxyl groups is 1. The monoisotopic (exact) mass is 557 g/mol. The Bertz CT molecular complexity index is 1190. The maximum absolute atomic E-state index is 13.6. The first-order valence-electron chi connectivity index (χ1n) is 13.1. The van der Waals surface area contributed by atoms with Crippen LogP contribution in [0.15, 0.2) is 35.0 Å². The van der Waals surface area contributed by atoms with Gasteiger partial charge in [-0.2, -0.15) is 11.3 Å². The van der Waals surface area contributed by atoms with Crippen molar-refractivity contribution >= 4 is 46.3 Å². The number of hydrogen-bond donors (Lipinski definition) is 4. The molecule has 0 bridgehead atoms. The van der Waals surface area contributed by atoms with Crippen LogP contribution in [-0.4, -0.2) is 46.5 Å². The van der Waals surface area contributed by atoms with E-state index >= 15 is 0 Å². The van der Waals surface area contributed by atoms with Crippen molar-refractivity contribution in [1.29, 1.82) is 0 Å². The summed E-state index contributed by atoms with van der Waals surface area (Å²) >= 11 is 1.55. The first-order valence-corrected chi connectivity index (χ1v) is 14.1. The highest BCUT2D eigenvalue weighted by Crippen LogP contribution is 2.41. The van der Waals surface area contributed by atoms with Crippen molar-refractivity contribution in [3.8, 4) is 0 Å². The fourth-order valence-corrected chi connectivity index (χ4v) is 5.00. The van der Waals surface area contributed by atoms with Crippen LogP contribution in [-0.2, 0) is 32.1 Å². The van der Waals surface area contributed by atoms with Gasteiger partial charge < -0.3 is 26.8 Å². The van der Waals surface area contributed by atoms with Gasteiger partial charge in [0.2, 0.25) is 23.6 Å². The molecule has 2 aliphatic heterocycles. The van der Waals surface area contributed by atoms with E-state index in [-0.39, 0.29) is 24.1 Å². The predicted octanol–water partition coefficient (Wildman–Crippen LogP) is 2.41. The molecule has 39 heavy (non-hydrogen) atoms. The number of para-hydroxylation sites is 1. The van der Waals surface area contributed by atoms with Gasteiger partial charge in [-0.3, -0.25) is 24.1 Å². The summed E-state index contributed by atoms with van der Waals surface area (Å²) in [5.41, 5.74) is 12.2. The van der Waals surface area contributed by atoms with E-state index < -0.39 is 23.7 Å². The highest BCUT2D eigenvalue weighted by Gasteiger charge is 2.39. The Morgan fingerprint density at radius 3 is 2.46 bits per heavy atom. The van der Waals surface area contributed by atoms with Crippen LogP contribution in [0.4, 0.5) is 11.4 Å². The number of rotatable bonds is 8. The van der Waals surface area contributed by atoms with Crippen LogP contribution in [0.3, 0.4) is 0 Å². The SMILES string of the molecule is CC(C)(N)C(N)=O.CC(C)CCC(=O)NC1Cc2cccc(N3C(=O)CCC3O)c2N(Cc2ccsc2)C1=O. The van der Waals surface area contributed by atoms with Crippen LogP contribution in [0.5, 0.6) is 0 Å². The minimum Gasteiger partial charge on any atom is -0.373 e. The number of nitrogens with two attached hydrogens (primary N) is 2. The molecule has 0 spiro atoms. The number of fused-ring (bicyclic) bond motifs is 1. The van der Waals surface area contributed by atoms with Gasteiger partial charge >= 0.3 is 0 Å². The Morgan fingerprint density at radius 2 is 1.92 bits per heavy atom. The van der Waals surface area contributed by atoms with Crippen LogP contribution in [0.1, 0.15) is 64.5 Å². The Hall–Kier alpha value is -3.28. The third-order valence-electron chi connectivity index (χ3n) is 6.64. The van der Waals surface area contributed by atoms with Crippen LogP contribution >= 0.6 is 11.3 Å². The standard InChI is InChI=1S/C24H29N3O4S.C4H10N2O/c1-15(2)6-7-20(28)25-18-12-17-4-3-5-19(27-21(29)8-9-22(27)30)23(17)26(24(18)31)13-16-10-11-32-14-16;1-4(2,6)3(5)7/h3-5,10-11,14-15,18,21,29H,6-9,12-13H2,1-2H3,(H,25,28);6H2,1-2H3,(H2,5,7). The van der Waals surface area contributed by atoms with Crippen molar-refractivity contribution in [1.82, 2.24) is 5.32 Å². The van der Waals surface area contributed by atoms with Gasteiger partial charge in [-0.1, -0.05) is 26.0 Å². The molecule has 0 saturated carbocycles. The van der Waals surface area contributed by atoms with E-state index in [2.05, 4.69) is 19.2 Å². The van der Waals surface area contributed by atoms with Gasteiger partial charge in [-0.25, -0.2) is 0 Å². The number of amides is 4. The van der Waals surface area contributed by atoms with Gasteiger partial charge in [-0.05, 0) is 60.2 Å². The number of anilines is 2. The zero-order valence-electron chi connectivity index (χ0n) is 23.0. The van der Waals surface area contributed by atoms with Crippen molar-refractivity contribution in [2.75, 3.05) is 9.80 Å². The molecular formula is C28H39N5O5S. The lowest BCUT2D eigenvalue weighted by atomic mass is 9.94. The molecule has 0 aliphatic carbocycles. The highest BCUT2D eigenvalue weighted by molar-refractivity contribution is 7.07. The molecular weight excluding hydrogens is 518 g/mol. The Balaban J connectivity index is 0.000000532. The van der Waals surface area contributed by atoms with Crippen molar-refractivity contribution in [2.45, 2.75) is 84.2 Å². The number of nitrogens with zero attached hydrogens (tertiary/aromatic N) is 2. The van der Waals surface area contributed by atoms with E-state index in [0.29, 0.717) is 43.1 Å². The lowest BCUT2D eigenvalue weighted by Crippen LogP contribution is -2.53. The van der Waals surface area contributed by atoms with Gasteiger partial charge in [0.15, 0.2) is 0 Å². The summed E-state index contributed by atoms with van der Waals surface area (Å²) in [5.74, 6) is -0.552. The fraction of sp³-hybridized carbons (Fsp3) is 0.500. The summed E-state index contributed by atoms with van der Waals surface area (Å²) in [7, 11) is 0. The molecule has 1 aromatic heterocycles. The number of carbonyl (C=O) groups is 4. The van der Waals surface area contributed by atoms with Crippen molar-refractivity contribution in [2.24, 2.45) is 17.4 Å². The molecule has 3 heterocycles. The molecule has 4 rings (SSSR count). The van der Waals surface area contributed by atoms with Gasteiger partial charge in [0.1, 0.15) is 12.3 Å². The highest BCUT2D eigenvalue weighted by atomic mass is 32.1. The summed E-state index contributed by atoms with van der Waals surface area (Å²) in [6, 6.07) is 6.84. The normalized spacial score (nSPS) is 19.1. The molecule has 2 aliphatic rings. The third kappa shape index (κ3) is 7.65. The maximum Gasteiger partial charge on any atom is 0.250 e. The lowest BCUT2D eigenvalue weighted by Gasteiger charge is -2.37. The van der Waals surface area contributed by atoms with Gasteiger partial charge in [0.05, 0.1) is 23.5 Å². The summed E-state index contributed by atoms with van der Waals surface area (Å²) in [5, 5.41) is 17.3. The number of primary amides is 1. The lowest BCUT2D eigenvalue weighted by molar-refractivity contribution is -0.128. The van der Waals surface area contributed by atoms with E-state index in [1.54, 1.807) is 36.2 Å². The van der Waals surface area contributed by atoms with Crippen molar-refractivity contribution in [3.05, 3.63) is 46.2 Å². The zero-order chi connectivity index (χ0) is 28.9. The first kappa shape index (κ1) is 30.3. The molecule has 1 fully saturated rings. The maximum atomic E-state index is 13.6. The van der Waals surface area contributed by atoms with Crippen LogP contribution in [0.25, 0.3) is 0 Å². The molecule has 1 saturated heterocycles. The minimum absolute atomic E-state index is 0.128. The number of hydrogen-bond acceptors (Lipinski definition) is 7. The molecule has 0 radical (unpaired) electrons. The van der Waals surface area contributed by atoms with Gasteiger partial charge in [-0.15, -0.1) is 0 Å². The first-order chi connectivity index (χ1) is 18.3. The molecule has 212 valence electrons. The number of nitrogens with one attached hydrogen (secondary N) is 1. The molecule has 4 amide bonds. The molecule has 2 unspecified atom stereocenters. The topological polar surface area (TPSA) is 159 Å². The predicted molar refractivity (Wildman–Crippen MR) is 152 cm³/mol. The van der Waals surface area contributed by atoms with Crippen LogP contribution in [0, 0.1) is 5.92 Å². The summed E-state index contributed by atoms with van der Waals surface area (Å²) in [4.78, 5) is 51.7. The van der Waals surface area contributed by atoms with Crippen molar-refractivity contribution < 1.29 is 24.3 Å². The molecule has 6 N–H and O–H groups in total. The second-order valence-electron chi connectivity index (χ2n) is 11.0. The minimum atomic E-state index is -0.902. The van der Waals surface area contributed by atoms with Crippen LogP contribution < -0.4 is 26.6 Å². The van der Waals surface area contributed by atoms with Crippen LogP contribution in [0.2, 0.25) is 0 Å².